The second kappa shape index (κ2) is 8.19. The van der Waals surface area contributed by atoms with Crippen molar-refractivity contribution in [3.05, 3.63) is 30.1 Å². The summed E-state index contributed by atoms with van der Waals surface area (Å²) in [6.07, 6.45) is 0. The third-order valence-electron chi connectivity index (χ3n) is 3.11. The van der Waals surface area contributed by atoms with E-state index >= 15 is 0 Å². The van der Waals surface area contributed by atoms with Crippen LogP contribution in [0, 0.1) is 6.92 Å². The molecule has 2 N–H and O–H groups in total. The number of ether oxygens (including phenoxy) is 3. The van der Waals surface area contributed by atoms with Crippen molar-refractivity contribution >= 4 is 17.3 Å². The number of anilines is 3. The van der Waals surface area contributed by atoms with Gasteiger partial charge in [0.15, 0.2) is 11.5 Å². The van der Waals surface area contributed by atoms with E-state index in [-0.39, 0.29) is 0 Å². The van der Waals surface area contributed by atoms with Crippen LogP contribution in [0.2, 0.25) is 0 Å². The van der Waals surface area contributed by atoms with Crippen molar-refractivity contribution in [3.8, 4) is 11.5 Å². The van der Waals surface area contributed by atoms with Crippen LogP contribution in [0.1, 0.15) is 5.82 Å². The minimum atomic E-state index is 0.613. The van der Waals surface area contributed by atoms with E-state index in [1.165, 1.54) is 0 Å². The van der Waals surface area contributed by atoms with E-state index in [9.17, 15) is 0 Å². The largest absolute Gasteiger partial charge is 0.493 e. The minimum absolute atomic E-state index is 0.613. The van der Waals surface area contributed by atoms with Gasteiger partial charge in [-0.05, 0) is 19.1 Å². The van der Waals surface area contributed by atoms with Crippen molar-refractivity contribution in [2.75, 3.05) is 45.1 Å². The number of hydrogen-bond donors (Lipinski definition) is 2. The number of nitrogens with one attached hydrogen (secondary N) is 2. The van der Waals surface area contributed by atoms with E-state index in [2.05, 4.69) is 20.6 Å². The lowest BCUT2D eigenvalue weighted by molar-refractivity contribution is 0.210. The molecule has 0 bridgehead atoms. The third kappa shape index (κ3) is 4.72. The van der Waals surface area contributed by atoms with Crippen molar-refractivity contribution < 1.29 is 14.2 Å². The number of aryl methyl sites for hydroxylation is 1. The van der Waals surface area contributed by atoms with Gasteiger partial charge in [-0.25, -0.2) is 9.97 Å². The van der Waals surface area contributed by atoms with E-state index in [4.69, 9.17) is 14.2 Å². The molecule has 0 unspecified atom stereocenters. The molecule has 1 heterocycles. The lowest BCUT2D eigenvalue weighted by atomic mass is 10.2. The van der Waals surface area contributed by atoms with Crippen molar-refractivity contribution in [1.82, 2.24) is 9.97 Å². The van der Waals surface area contributed by atoms with Crippen LogP contribution in [-0.4, -0.2) is 44.4 Å². The molecule has 2 rings (SSSR count). The molecule has 23 heavy (non-hydrogen) atoms. The SMILES string of the molecule is COCCNc1cc(Nc2ccc(OC)c(OC)c2)nc(C)n1. The van der Waals surface area contributed by atoms with Gasteiger partial charge in [-0.2, -0.15) is 0 Å². The number of methoxy groups -OCH3 is 3. The molecule has 2 aromatic rings. The highest BCUT2D eigenvalue weighted by Crippen LogP contribution is 2.31. The number of nitrogens with zero attached hydrogens (tertiary/aromatic N) is 2. The van der Waals surface area contributed by atoms with Crippen LogP contribution in [0.3, 0.4) is 0 Å². The maximum absolute atomic E-state index is 5.30. The van der Waals surface area contributed by atoms with Gasteiger partial charge in [-0.15, -0.1) is 0 Å². The summed E-state index contributed by atoms with van der Waals surface area (Å²) in [5, 5.41) is 6.44. The smallest absolute Gasteiger partial charge is 0.162 e. The monoisotopic (exact) mass is 318 g/mol. The Morgan fingerprint density at radius 1 is 0.957 bits per heavy atom. The average molecular weight is 318 g/mol. The summed E-state index contributed by atoms with van der Waals surface area (Å²) in [5.74, 6) is 3.46. The zero-order valence-corrected chi connectivity index (χ0v) is 13.8. The second-order valence-corrected chi connectivity index (χ2v) is 4.80. The van der Waals surface area contributed by atoms with E-state index < -0.39 is 0 Å². The van der Waals surface area contributed by atoms with Gasteiger partial charge < -0.3 is 24.8 Å². The normalized spacial score (nSPS) is 10.3. The maximum atomic E-state index is 5.30. The van der Waals surface area contributed by atoms with Gasteiger partial charge in [0, 0.05) is 31.5 Å². The van der Waals surface area contributed by atoms with Gasteiger partial charge >= 0.3 is 0 Å². The zero-order chi connectivity index (χ0) is 16.7. The van der Waals surface area contributed by atoms with Gasteiger partial charge in [-0.3, -0.25) is 0 Å². The first-order chi connectivity index (χ1) is 11.2. The number of rotatable bonds is 8. The summed E-state index contributed by atoms with van der Waals surface area (Å²) in [4.78, 5) is 8.74. The Kier molecular flexibility index (Phi) is 5.99. The summed E-state index contributed by atoms with van der Waals surface area (Å²) in [6.45, 7) is 3.14. The minimum Gasteiger partial charge on any atom is -0.493 e. The molecule has 0 saturated heterocycles. The molecular weight excluding hydrogens is 296 g/mol. The predicted molar refractivity (Wildman–Crippen MR) is 90.0 cm³/mol. The average Bonchev–Trinajstić information content (AvgIpc) is 2.54. The van der Waals surface area contributed by atoms with E-state index in [0.717, 1.165) is 11.5 Å². The van der Waals surface area contributed by atoms with Crippen molar-refractivity contribution in [3.63, 3.8) is 0 Å². The predicted octanol–water partition coefficient (Wildman–Crippen LogP) is 2.60. The van der Waals surface area contributed by atoms with Crippen LogP contribution >= 0.6 is 0 Å². The topological polar surface area (TPSA) is 77.5 Å². The molecule has 1 aromatic carbocycles. The first kappa shape index (κ1) is 16.8. The zero-order valence-electron chi connectivity index (χ0n) is 13.8. The Morgan fingerprint density at radius 2 is 1.70 bits per heavy atom. The quantitative estimate of drug-likeness (QED) is 0.724. The molecule has 0 aliphatic carbocycles. The van der Waals surface area contributed by atoms with E-state index in [1.54, 1.807) is 21.3 Å². The molecule has 0 aliphatic rings. The Labute approximate surface area is 136 Å². The first-order valence-electron chi connectivity index (χ1n) is 7.24. The molecule has 0 atom stereocenters. The highest BCUT2D eigenvalue weighted by atomic mass is 16.5. The van der Waals surface area contributed by atoms with E-state index in [0.29, 0.717) is 36.3 Å². The van der Waals surface area contributed by atoms with Gasteiger partial charge in [-0.1, -0.05) is 0 Å². The van der Waals surface area contributed by atoms with Crippen molar-refractivity contribution in [2.45, 2.75) is 6.92 Å². The maximum Gasteiger partial charge on any atom is 0.162 e. The Hall–Kier alpha value is -2.54. The fourth-order valence-corrected chi connectivity index (χ4v) is 2.07. The highest BCUT2D eigenvalue weighted by Gasteiger charge is 2.07. The summed E-state index contributed by atoms with van der Waals surface area (Å²) >= 11 is 0. The molecule has 0 radical (unpaired) electrons. The van der Waals surface area contributed by atoms with Gasteiger partial charge in [0.25, 0.3) is 0 Å². The molecule has 0 saturated carbocycles. The number of aromatic nitrogens is 2. The third-order valence-corrected chi connectivity index (χ3v) is 3.11. The molecule has 0 spiro atoms. The molecular formula is C16H22N4O3. The molecule has 124 valence electrons. The number of benzene rings is 1. The van der Waals surface area contributed by atoms with Crippen LogP contribution in [0.25, 0.3) is 0 Å². The van der Waals surface area contributed by atoms with Crippen LogP contribution in [-0.2, 0) is 4.74 Å². The fourth-order valence-electron chi connectivity index (χ4n) is 2.07. The van der Waals surface area contributed by atoms with Crippen molar-refractivity contribution in [2.24, 2.45) is 0 Å². The van der Waals surface area contributed by atoms with Crippen LogP contribution in [0.5, 0.6) is 11.5 Å². The standard InChI is InChI=1S/C16H22N4O3/c1-11-18-15(17-7-8-21-2)10-16(19-11)20-12-5-6-13(22-3)14(9-12)23-4/h5-6,9-10H,7-8H2,1-4H3,(H2,17,18,19,20). The lowest BCUT2D eigenvalue weighted by Crippen LogP contribution is -2.10. The molecule has 7 nitrogen and oxygen atoms in total. The Bertz CT molecular complexity index is 649. The molecule has 0 amide bonds. The second-order valence-electron chi connectivity index (χ2n) is 4.80. The van der Waals surface area contributed by atoms with Crippen molar-refractivity contribution in [1.29, 1.82) is 0 Å². The summed E-state index contributed by atoms with van der Waals surface area (Å²) < 4.78 is 15.6. The Balaban J connectivity index is 2.16. The van der Waals surface area contributed by atoms with E-state index in [1.807, 2.05) is 31.2 Å². The summed E-state index contributed by atoms with van der Waals surface area (Å²) in [6, 6.07) is 7.44. The van der Waals surface area contributed by atoms with Gasteiger partial charge in [0.2, 0.25) is 0 Å². The lowest BCUT2D eigenvalue weighted by Gasteiger charge is -2.12. The van der Waals surface area contributed by atoms with Crippen LogP contribution < -0.4 is 20.1 Å². The van der Waals surface area contributed by atoms with Crippen LogP contribution in [0.15, 0.2) is 24.3 Å². The summed E-state index contributed by atoms with van der Waals surface area (Å²) in [7, 11) is 4.88. The Morgan fingerprint density at radius 3 is 2.39 bits per heavy atom. The highest BCUT2D eigenvalue weighted by molar-refractivity contribution is 5.63. The first-order valence-corrected chi connectivity index (χ1v) is 7.24. The molecule has 1 aromatic heterocycles. The van der Waals surface area contributed by atoms with Gasteiger partial charge in [0.05, 0.1) is 20.8 Å². The fraction of sp³-hybridized carbons (Fsp3) is 0.375. The molecule has 0 aliphatic heterocycles. The molecule has 0 fully saturated rings. The van der Waals surface area contributed by atoms with Crippen LogP contribution in [0.4, 0.5) is 17.3 Å². The van der Waals surface area contributed by atoms with Gasteiger partial charge in [0.1, 0.15) is 17.5 Å². The molecule has 7 heteroatoms. The summed E-state index contributed by atoms with van der Waals surface area (Å²) in [5.41, 5.74) is 0.851. The number of hydrogen-bond acceptors (Lipinski definition) is 7.